The number of hydrogen-bond donors (Lipinski definition) is 1. The Labute approximate surface area is 129 Å². The van der Waals surface area contributed by atoms with E-state index in [9.17, 15) is 14.3 Å². The summed E-state index contributed by atoms with van der Waals surface area (Å²) in [4.78, 5) is 11.4. The minimum absolute atomic E-state index is 0.195. The summed E-state index contributed by atoms with van der Waals surface area (Å²) in [5.74, 6) is -1.69. The number of rotatable bonds is 6. The maximum atomic E-state index is 13.8. The maximum Gasteiger partial charge on any atom is 0.311 e. The number of carbonyl (C=O) groups is 1. The average molecular weight is 302 g/mol. The molecule has 0 aliphatic carbocycles. The molecule has 1 unspecified atom stereocenters. The predicted octanol–water partition coefficient (Wildman–Crippen LogP) is 4.08. The van der Waals surface area contributed by atoms with Gasteiger partial charge < -0.3 is 9.84 Å². The van der Waals surface area contributed by atoms with Crippen LogP contribution in [-0.4, -0.2) is 17.7 Å². The van der Waals surface area contributed by atoms with Gasteiger partial charge in [0.1, 0.15) is 11.6 Å². The van der Waals surface area contributed by atoms with E-state index in [1.54, 1.807) is 12.1 Å². The molecule has 0 spiro atoms. The van der Waals surface area contributed by atoms with Gasteiger partial charge in [-0.25, -0.2) is 4.39 Å². The molecule has 0 aromatic heterocycles. The molecule has 3 nitrogen and oxygen atoms in total. The van der Waals surface area contributed by atoms with Gasteiger partial charge in [-0.05, 0) is 37.5 Å². The minimum atomic E-state index is -1.05. The highest BCUT2D eigenvalue weighted by Crippen LogP contribution is 2.26. The van der Waals surface area contributed by atoms with Crippen LogP contribution in [0.3, 0.4) is 0 Å². The Balaban J connectivity index is 2.08. The van der Waals surface area contributed by atoms with Gasteiger partial charge in [0.05, 0.1) is 12.5 Å². The number of halogens is 1. The van der Waals surface area contributed by atoms with Crippen molar-refractivity contribution < 1.29 is 19.0 Å². The number of aryl methyl sites for hydroxylation is 2. The molecule has 4 heteroatoms. The van der Waals surface area contributed by atoms with Crippen molar-refractivity contribution >= 4 is 5.97 Å². The van der Waals surface area contributed by atoms with Gasteiger partial charge in [-0.15, -0.1) is 0 Å². The molecule has 0 heterocycles. The third-order valence-corrected chi connectivity index (χ3v) is 3.64. The van der Waals surface area contributed by atoms with Gasteiger partial charge in [0.25, 0.3) is 0 Å². The van der Waals surface area contributed by atoms with Crippen molar-refractivity contribution in [3.05, 3.63) is 65.0 Å². The van der Waals surface area contributed by atoms with Gasteiger partial charge in [0, 0.05) is 5.56 Å². The highest BCUT2D eigenvalue weighted by molar-refractivity contribution is 5.76. The smallest absolute Gasteiger partial charge is 0.311 e. The summed E-state index contributed by atoms with van der Waals surface area (Å²) < 4.78 is 19.5. The molecule has 0 radical (unpaired) electrons. The molecular formula is C18H19FO3. The normalized spacial score (nSPS) is 12.0. The lowest BCUT2D eigenvalue weighted by atomic mass is 9.96. The van der Waals surface area contributed by atoms with E-state index < -0.39 is 17.7 Å². The van der Waals surface area contributed by atoms with Crippen LogP contribution in [0.15, 0.2) is 42.5 Å². The number of aliphatic carboxylic acids is 1. The second kappa shape index (κ2) is 7.07. The van der Waals surface area contributed by atoms with Crippen molar-refractivity contribution in [2.24, 2.45) is 0 Å². The molecule has 22 heavy (non-hydrogen) atoms. The van der Waals surface area contributed by atoms with Crippen molar-refractivity contribution in [3.8, 4) is 5.75 Å². The van der Waals surface area contributed by atoms with Crippen LogP contribution in [0.2, 0.25) is 0 Å². The minimum Gasteiger partial charge on any atom is -0.493 e. The lowest BCUT2D eigenvalue weighted by Crippen LogP contribution is -2.16. The first-order valence-corrected chi connectivity index (χ1v) is 7.17. The fourth-order valence-corrected chi connectivity index (χ4v) is 2.48. The van der Waals surface area contributed by atoms with Crippen molar-refractivity contribution in [2.75, 3.05) is 6.61 Å². The van der Waals surface area contributed by atoms with E-state index in [0.717, 1.165) is 16.9 Å². The second-order valence-electron chi connectivity index (χ2n) is 5.27. The summed E-state index contributed by atoms with van der Waals surface area (Å²) in [6.07, 6.45) is 0.212. The van der Waals surface area contributed by atoms with E-state index in [4.69, 9.17) is 4.74 Å². The molecule has 116 valence electrons. The quantitative estimate of drug-likeness (QED) is 0.874. The van der Waals surface area contributed by atoms with Crippen LogP contribution in [0.1, 0.15) is 29.0 Å². The van der Waals surface area contributed by atoms with Crippen molar-refractivity contribution in [3.63, 3.8) is 0 Å². The highest BCUT2D eigenvalue weighted by Gasteiger charge is 2.23. The average Bonchev–Trinajstić information content (AvgIpc) is 2.47. The first-order chi connectivity index (χ1) is 10.5. The zero-order valence-corrected chi connectivity index (χ0v) is 12.7. The molecule has 0 saturated heterocycles. The molecule has 0 saturated carbocycles. The van der Waals surface area contributed by atoms with E-state index >= 15 is 0 Å². The van der Waals surface area contributed by atoms with Crippen molar-refractivity contribution in [2.45, 2.75) is 26.2 Å². The lowest BCUT2D eigenvalue weighted by molar-refractivity contribution is -0.139. The van der Waals surface area contributed by atoms with Crippen LogP contribution in [0, 0.1) is 19.7 Å². The third-order valence-electron chi connectivity index (χ3n) is 3.64. The summed E-state index contributed by atoms with van der Waals surface area (Å²) in [7, 11) is 0. The van der Waals surface area contributed by atoms with E-state index in [1.807, 2.05) is 32.0 Å². The van der Waals surface area contributed by atoms with Crippen LogP contribution in [0.5, 0.6) is 5.75 Å². The Hall–Kier alpha value is -2.36. The topological polar surface area (TPSA) is 46.5 Å². The molecule has 0 amide bonds. The van der Waals surface area contributed by atoms with Gasteiger partial charge >= 0.3 is 5.97 Å². The van der Waals surface area contributed by atoms with Gasteiger partial charge in [-0.3, -0.25) is 4.79 Å². The number of hydrogen-bond acceptors (Lipinski definition) is 2. The maximum absolute atomic E-state index is 13.8. The molecule has 0 aliphatic rings. The summed E-state index contributed by atoms with van der Waals surface area (Å²) in [5.41, 5.74) is 2.19. The molecule has 0 aliphatic heterocycles. The summed E-state index contributed by atoms with van der Waals surface area (Å²) in [5, 5.41) is 9.34. The zero-order valence-electron chi connectivity index (χ0n) is 12.7. The molecule has 2 rings (SSSR count). The van der Waals surface area contributed by atoms with Gasteiger partial charge in [-0.1, -0.05) is 36.4 Å². The monoisotopic (exact) mass is 302 g/mol. The Kier molecular flexibility index (Phi) is 5.15. The summed E-state index contributed by atoms with van der Waals surface area (Å²) >= 11 is 0. The van der Waals surface area contributed by atoms with E-state index in [-0.39, 0.29) is 18.6 Å². The van der Waals surface area contributed by atoms with E-state index in [1.165, 1.54) is 12.1 Å². The fourth-order valence-electron chi connectivity index (χ4n) is 2.48. The molecule has 0 bridgehead atoms. The summed E-state index contributed by atoms with van der Waals surface area (Å²) in [6, 6.07) is 11.8. The fraction of sp³-hybridized carbons (Fsp3) is 0.278. The number of benzene rings is 2. The molecular weight excluding hydrogens is 283 g/mol. The lowest BCUT2D eigenvalue weighted by Gasteiger charge is -2.16. The van der Waals surface area contributed by atoms with Gasteiger partial charge in [0.15, 0.2) is 0 Å². The Bertz CT molecular complexity index is 647. The highest BCUT2D eigenvalue weighted by atomic mass is 19.1. The van der Waals surface area contributed by atoms with Crippen LogP contribution in [0.25, 0.3) is 0 Å². The predicted molar refractivity (Wildman–Crippen MR) is 82.8 cm³/mol. The van der Waals surface area contributed by atoms with Crippen LogP contribution in [0.4, 0.5) is 4.39 Å². The SMILES string of the molecule is Cc1cccc(C)c1OCCC(C(=O)O)c1ccccc1F. The third kappa shape index (κ3) is 3.64. The molecule has 2 aromatic rings. The molecule has 1 N–H and O–H groups in total. The summed E-state index contributed by atoms with van der Waals surface area (Å²) in [6.45, 7) is 4.10. The van der Waals surface area contributed by atoms with Gasteiger partial charge in [0.2, 0.25) is 0 Å². The number of carboxylic acids is 1. The number of ether oxygens (including phenoxy) is 1. The first kappa shape index (κ1) is 16.0. The molecule has 0 fully saturated rings. The molecule has 2 aromatic carbocycles. The number of para-hydroxylation sites is 1. The molecule has 1 atom stereocenters. The van der Waals surface area contributed by atoms with Crippen molar-refractivity contribution in [1.29, 1.82) is 0 Å². The number of carboxylic acid groups (broad SMARTS) is 1. The van der Waals surface area contributed by atoms with Crippen LogP contribution >= 0.6 is 0 Å². The van der Waals surface area contributed by atoms with Crippen LogP contribution in [-0.2, 0) is 4.79 Å². The zero-order chi connectivity index (χ0) is 16.1. The Morgan fingerprint density at radius 2 is 1.77 bits per heavy atom. The Morgan fingerprint density at radius 1 is 1.14 bits per heavy atom. The largest absolute Gasteiger partial charge is 0.493 e. The Morgan fingerprint density at radius 3 is 2.36 bits per heavy atom. The van der Waals surface area contributed by atoms with Gasteiger partial charge in [-0.2, -0.15) is 0 Å². The standard InChI is InChI=1S/C18H19FO3/c1-12-6-5-7-13(2)17(12)22-11-10-15(18(20)21)14-8-3-4-9-16(14)19/h3-9,15H,10-11H2,1-2H3,(H,20,21). The van der Waals surface area contributed by atoms with Crippen LogP contribution < -0.4 is 4.74 Å². The van der Waals surface area contributed by atoms with Crippen molar-refractivity contribution in [1.82, 2.24) is 0 Å². The second-order valence-corrected chi connectivity index (χ2v) is 5.27. The van der Waals surface area contributed by atoms with E-state index in [2.05, 4.69) is 0 Å². The van der Waals surface area contributed by atoms with E-state index in [0.29, 0.717) is 0 Å². The first-order valence-electron chi connectivity index (χ1n) is 7.17.